The third-order valence-corrected chi connectivity index (χ3v) is 5.47. The number of thioether (sulfide) groups is 1. The molecule has 0 radical (unpaired) electrons. The van der Waals surface area contributed by atoms with E-state index in [-0.39, 0.29) is 11.2 Å². The summed E-state index contributed by atoms with van der Waals surface area (Å²) < 4.78 is 7.09. The van der Waals surface area contributed by atoms with Gasteiger partial charge in [-0.05, 0) is 37.6 Å². The van der Waals surface area contributed by atoms with E-state index in [0.717, 1.165) is 16.8 Å². The first-order chi connectivity index (χ1) is 12.6. The third-order valence-electron chi connectivity index (χ3n) is 4.28. The number of aromatic nitrogens is 4. The van der Waals surface area contributed by atoms with Crippen LogP contribution in [0.25, 0.3) is 17.1 Å². The molecule has 4 rings (SSSR count). The summed E-state index contributed by atoms with van der Waals surface area (Å²) in [6, 6.07) is 10.1. The predicted octanol–water partition coefficient (Wildman–Crippen LogP) is 3.35. The molecule has 2 aromatic heterocycles. The molecule has 7 heteroatoms. The molecule has 0 spiro atoms. The van der Waals surface area contributed by atoms with E-state index < -0.39 is 0 Å². The van der Waals surface area contributed by atoms with Crippen LogP contribution < -0.4 is 0 Å². The Morgan fingerprint density at radius 3 is 2.81 bits per heavy atom. The molecule has 3 aromatic rings. The number of rotatable bonds is 4. The Morgan fingerprint density at radius 2 is 2.12 bits per heavy atom. The van der Waals surface area contributed by atoms with Crippen molar-refractivity contribution in [3.63, 3.8) is 0 Å². The van der Waals surface area contributed by atoms with Gasteiger partial charge in [0.2, 0.25) is 0 Å². The van der Waals surface area contributed by atoms with Crippen molar-refractivity contribution in [1.29, 1.82) is 0 Å². The van der Waals surface area contributed by atoms with Crippen molar-refractivity contribution in [1.82, 2.24) is 19.7 Å². The smallest absolute Gasteiger partial charge is 0.319 e. The number of ether oxygens (including phenoxy) is 1. The van der Waals surface area contributed by atoms with Crippen molar-refractivity contribution in [2.75, 3.05) is 6.61 Å². The van der Waals surface area contributed by atoms with Gasteiger partial charge in [-0.25, -0.2) is 0 Å². The van der Waals surface area contributed by atoms with Gasteiger partial charge in [-0.2, -0.15) is 0 Å². The maximum absolute atomic E-state index is 11.9. The number of hydrogen-bond acceptors (Lipinski definition) is 6. The molecule has 1 aromatic carbocycles. The molecule has 0 amide bonds. The van der Waals surface area contributed by atoms with Crippen LogP contribution >= 0.6 is 11.8 Å². The Morgan fingerprint density at radius 1 is 1.23 bits per heavy atom. The van der Waals surface area contributed by atoms with Gasteiger partial charge in [0.25, 0.3) is 0 Å². The monoisotopic (exact) mass is 366 g/mol. The summed E-state index contributed by atoms with van der Waals surface area (Å²) in [6.07, 6.45) is 4.18. The zero-order chi connectivity index (χ0) is 18.1. The summed E-state index contributed by atoms with van der Waals surface area (Å²) in [5.74, 6) is 0.520. The first-order valence-corrected chi connectivity index (χ1v) is 9.28. The average Bonchev–Trinajstić information content (AvgIpc) is 3.23. The van der Waals surface area contributed by atoms with Gasteiger partial charge in [0, 0.05) is 24.4 Å². The fraction of sp³-hybridized carbons (Fsp3) is 0.263. The van der Waals surface area contributed by atoms with Gasteiger partial charge in [-0.3, -0.25) is 14.3 Å². The van der Waals surface area contributed by atoms with E-state index in [0.29, 0.717) is 24.0 Å². The van der Waals surface area contributed by atoms with Crippen molar-refractivity contribution < 1.29 is 9.53 Å². The van der Waals surface area contributed by atoms with Crippen molar-refractivity contribution in [3.05, 3.63) is 53.9 Å². The Hall–Kier alpha value is -2.67. The van der Waals surface area contributed by atoms with Crippen LogP contribution in [0.15, 0.2) is 47.9 Å². The zero-order valence-electron chi connectivity index (χ0n) is 14.5. The molecule has 0 bridgehead atoms. The van der Waals surface area contributed by atoms with Crippen LogP contribution in [-0.4, -0.2) is 37.6 Å². The van der Waals surface area contributed by atoms with E-state index >= 15 is 0 Å². The lowest BCUT2D eigenvalue weighted by Crippen LogP contribution is -2.11. The number of benzene rings is 1. The van der Waals surface area contributed by atoms with E-state index in [4.69, 9.17) is 4.74 Å². The minimum Gasteiger partial charge on any atom is -0.465 e. The quantitative estimate of drug-likeness (QED) is 0.660. The van der Waals surface area contributed by atoms with E-state index in [1.165, 1.54) is 17.3 Å². The van der Waals surface area contributed by atoms with Crippen LogP contribution in [-0.2, 0) is 9.53 Å². The molecule has 6 nitrogen and oxygen atoms in total. The highest BCUT2D eigenvalue weighted by molar-refractivity contribution is 8.00. The molecule has 1 fully saturated rings. The van der Waals surface area contributed by atoms with Crippen molar-refractivity contribution in [2.24, 2.45) is 0 Å². The fourth-order valence-electron chi connectivity index (χ4n) is 3.01. The molecule has 1 aliphatic rings. The second-order valence-electron chi connectivity index (χ2n) is 6.24. The summed E-state index contributed by atoms with van der Waals surface area (Å²) in [5.41, 5.74) is 4.18. The summed E-state index contributed by atoms with van der Waals surface area (Å²) in [5, 5.41) is 9.20. The molecule has 1 aliphatic heterocycles. The standard InChI is InChI=1S/C19H18N4O2S/c1-12-5-6-15(13(2)10-12)23-17(14-4-3-8-20-11-14)21-22-19(23)26-16-7-9-25-18(16)24/h3-6,8,10-11,16H,7,9H2,1-2H3/t16-/m1/s1. The number of nitrogens with zero attached hydrogens (tertiary/aromatic N) is 4. The molecule has 0 aliphatic carbocycles. The summed E-state index contributed by atoms with van der Waals surface area (Å²) >= 11 is 1.40. The van der Waals surface area contributed by atoms with Gasteiger partial charge in [-0.1, -0.05) is 29.5 Å². The molecular formula is C19H18N4O2S. The minimum atomic E-state index is -0.245. The van der Waals surface area contributed by atoms with Gasteiger partial charge >= 0.3 is 5.97 Å². The molecular weight excluding hydrogens is 348 g/mol. The van der Waals surface area contributed by atoms with Gasteiger partial charge < -0.3 is 4.74 Å². The van der Waals surface area contributed by atoms with E-state index in [2.05, 4.69) is 47.2 Å². The molecule has 1 atom stereocenters. The maximum atomic E-state index is 11.9. The van der Waals surface area contributed by atoms with Crippen LogP contribution in [0.4, 0.5) is 0 Å². The Balaban J connectivity index is 1.84. The summed E-state index contributed by atoms with van der Waals surface area (Å²) in [7, 11) is 0. The first kappa shape index (κ1) is 16.8. The van der Waals surface area contributed by atoms with Crippen LogP contribution in [0, 0.1) is 13.8 Å². The van der Waals surface area contributed by atoms with Gasteiger partial charge in [0.05, 0.1) is 12.3 Å². The Bertz CT molecular complexity index is 955. The molecule has 26 heavy (non-hydrogen) atoms. The highest BCUT2D eigenvalue weighted by Crippen LogP contribution is 2.34. The number of esters is 1. The summed E-state index contributed by atoms with van der Waals surface area (Å²) in [6.45, 7) is 4.59. The van der Waals surface area contributed by atoms with Gasteiger partial charge in [-0.15, -0.1) is 10.2 Å². The number of cyclic esters (lactones) is 1. The number of pyridine rings is 1. The number of aryl methyl sites for hydroxylation is 2. The fourth-order valence-corrected chi connectivity index (χ4v) is 4.02. The molecule has 0 saturated carbocycles. The van der Waals surface area contributed by atoms with Crippen LogP contribution in [0.5, 0.6) is 0 Å². The number of hydrogen-bond donors (Lipinski definition) is 0. The molecule has 132 valence electrons. The van der Waals surface area contributed by atoms with Crippen molar-refractivity contribution >= 4 is 17.7 Å². The number of carbonyl (C=O) groups is 1. The van der Waals surface area contributed by atoms with E-state index in [9.17, 15) is 4.79 Å². The minimum absolute atomic E-state index is 0.187. The molecule has 0 unspecified atom stereocenters. The molecule has 0 N–H and O–H groups in total. The van der Waals surface area contributed by atoms with Crippen LogP contribution in [0.1, 0.15) is 17.5 Å². The second-order valence-corrected chi connectivity index (χ2v) is 7.41. The first-order valence-electron chi connectivity index (χ1n) is 8.40. The second kappa shape index (κ2) is 6.92. The molecule has 3 heterocycles. The Kier molecular flexibility index (Phi) is 4.46. The highest BCUT2D eigenvalue weighted by atomic mass is 32.2. The number of carbonyl (C=O) groups excluding carboxylic acids is 1. The lowest BCUT2D eigenvalue weighted by Gasteiger charge is -2.14. The average molecular weight is 366 g/mol. The van der Waals surface area contributed by atoms with Crippen molar-refractivity contribution in [2.45, 2.75) is 30.7 Å². The molecule has 1 saturated heterocycles. The lowest BCUT2D eigenvalue weighted by atomic mass is 10.1. The maximum Gasteiger partial charge on any atom is 0.319 e. The van der Waals surface area contributed by atoms with Crippen molar-refractivity contribution in [3.8, 4) is 17.1 Å². The summed E-state index contributed by atoms with van der Waals surface area (Å²) in [4.78, 5) is 16.1. The Labute approximate surface area is 155 Å². The zero-order valence-corrected chi connectivity index (χ0v) is 15.4. The van der Waals surface area contributed by atoms with E-state index in [1.54, 1.807) is 12.4 Å². The highest BCUT2D eigenvalue weighted by Gasteiger charge is 2.30. The van der Waals surface area contributed by atoms with Gasteiger partial charge in [0.1, 0.15) is 5.25 Å². The van der Waals surface area contributed by atoms with Crippen LogP contribution in [0.2, 0.25) is 0 Å². The predicted molar refractivity (Wildman–Crippen MR) is 99.3 cm³/mol. The lowest BCUT2D eigenvalue weighted by molar-refractivity contribution is -0.137. The van der Waals surface area contributed by atoms with E-state index in [1.807, 2.05) is 16.7 Å². The third kappa shape index (κ3) is 3.10. The normalized spacial score (nSPS) is 16.7. The largest absolute Gasteiger partial charge is 0.465 e. The SMILES string of the molecule is Cc1ccc(-n2c(S[C@@H]3CCOC3=O)nnc2-c2cccnc2)c(C)c1. The topological polar surface area (TPSA) is 69.9 Å². The van der Waals surface area contributed by atoms with Gasteiger partial charge in [0.15, 0.2) is 11.0 Å². The van der Waals surface area contributed by atoms with Crippen LogP contribution in [0.3, 0.4) is 0 Å².